The van der Waals surface area contributed by atoms with Gasteiger partial charge in [-0.1, -0.05) is 32.9 Å². The Morgan fingerprint density at radius 3 is 2.56 bits per heavy atom. The molecule has 2 aromatic carbocycles. The summed E-state index contributed by atoms with van der Waals surface area (Å²) in [7, 11) is 0. The molecule has 3 rings (SSSR count). The number of hydrogen-bond acceptors (Lipinski definition) is 2. The van der Waals surface area contributed by atoms with E-state index in [0.29, 0.717) is 24.0 Å². The van der Waals surface area contributed by atoms with Gasteiger partial charge in [-0.25, -0.2) is 9.37 Å². The number of H-pyrrole nitrogens is 1. The Hall–Kier alpha value is -2.69. The van der Waals surface area contributed by atoms with Crippen LogP contribution in [-0.2, 0) is 11.8 Å². The normalized spacial score (nSPS) is 11.7. The molecule has 5 heteroatoms. The first kappa shape index (κ1) is 17.1. The smallest absolute Gasteiger partial charge is 0.251 e. The van der Waals surface area contributed by atoms with Crippen LogP contribution in [0.5, 0.6) is 0 Å². The van der Waals surface area contributed by atoms with Crippen LogP contribution in [0.4, 0.5) is 4.39 Å². The van der Waals surface area contributed by atoms with E-state index in [1.165, 1.54) is 17.7 Å². The number of aromatic amines is 1. The van der Waals surface area contributed by atoms with Crippen LogP contribution in [0.25, 0.3) is 11.0 Å². The topological polar surface area (TPSA) is 57.8 Å². The largest absolute Gasteiger partial charge is 0.352 e. The van der Waals surface area contributed by atoms with Gasteiger partial charge in [-0.2, -0.15) is 0 Å². The van der Waals surface area contributed by atoms with Gasteiger partial charge >= 0.3 is 0 Å². The van der Waals surface area contributed by atoms with Crippen LogP contribution >= 0.6 is 0 Å². The number of halogens is 1. The SMILES string of the molecule is CC(C)(C)c1ccc(C(=O)NCCc2nc3ccc(F)cc3[nH]2)cc1. The summed E-state index contributed by atoms with van der Waals surface area (Å²) in [5.41, 5.74) is 3.29. The number of nitrogens with zero attached hydrogens (tertiary/aromatic N) is 1. The van der Waals surface area contributed by atoms with E-state index >= 15 is 0 Å². The average Bonchev–Trinajstić information content (AvgIpc) is 2.96. The Labute approximate surface area is 146 Å². The van der Waals surface area contributed by atoms with Gasteiger partial charge in [0.2, 0.25) is 0 Å². The molecule has 3 aromatic rings. The molecular formula is C20H22FN3O. The fourth-order valence-corrected chi connectivity index (χ4v) is 2.67. The lowest BCUT2D eigenvalue weighted by molar-refractivity contribution is 0.0954. The second-order valence-electron chi connectivity index (χ2n) is 7.18. The molecule has 0 saturated carbocycles. The maximum absolute atomic E-state index is 13.2. The number of carbonyl (C=O) groups excluding carboxylic acids is 1. The van der Waals surface area contributed by atoms with Crippen molar-refractivity contribution >= 4 is 16.9 Å². The van der Waals surface area contributed by atoms with E-state index in [9.17, 15) is 9.18 Å². The van der Waals surface area contributed by atoms with Crippen LogP contribution in [0.3, 0.4) is 0 Å². The highest BCUT2D eigenvalue weighted by molar-refractivity contribution is 5.94. The average molecular weight is 339 g/mol. The molecule has 0 fully saturated rings. The van der Waals surface area contributed by atoms with E-state index in [4.69, 9.17) is 0 Å². The number of hydrogen-bond donors (Lipinski definition) is 2. The first-order chi connectivity index (χ1) is 11.8. The van der Waals surface area contributed by atoms with Gasteiger partial charge in [0.25, 0.3) is 5.91 Å². The summed E-state index contributed by atoms with van der Waals surface area (Å²) in [6.07, 6.45) is 0.558. The van der Waals surface area contributed by atoms with Gasteiger partial charge in [-0.05, 0) is 41.3 Å². The number of nitrogens with one attached hydrogen (secondary N) is 2. The lowest BCUT2D eigenvalue weighted by atomic mass is 9.87. The summed E-state index contributed by atoms with van der Waals surface area (Å²) in [6, 6.07) is 12.1. The first-order valence-corrected chi connectivity index (χ1v) is 8.36. The Kier molecular flexibility index (Phi) is 4.57. The summed E-state index contributed by atoms with van der Waals surface area (Å²) in [5.74, 6) is 0.321. The van der Waals surface area contributed by atoms with Gasteiger partial charge in [0.05, 0.1) is 11.0 Å². The van der Waals surface area contributed by atoms with E-state index in [0.717, 1.165) is 11.3 Å². The van der Waals surface area contributed by atoms with Crippen molar-refractivity contribution in [2.24, 2.45) is 0 Å². The lowest BCUT2D eigenvalue weighted by Crippen LogP contribution is -2.26. The highest BCUT2D eigenvalue weighted by Gasteiger charge is 2.14. The summed E-state index contributed by atoms with van der Waals surface area (Å²) in [5, 5.41) is 2.89. The fraction of sp³-hybridized carbons (Fsp3) is 0.300. The minimum absolute atomic E-state index is 0.0653. The summed E-state index contributed by atoms with van der Waals surface area (Å²) in [6.45, 7) is 6.88. The third kappa shape index (κ3) is 4.05. The summed E-state index contributed by atoms with van der Waals surface area (Å²) in [4.78, 5) is 19.7. The van der Waals surface area contributed by atoms with Crippen molar-refractivity contribution in [2.45, 2.75) is 32.6 Å². The van der Waals surface area contributed by atoms with E-state index in [-0.39, 0.29) is 17.1 Å². The van der Waals surface area contributed by atoms with Crippen molar-refractivity contribution in [1.29, 1.82) is 0 Å². The molecule has 2 N–H and O–H groups in total. The molecule has 0 aliphatic heterocycles. The molecule has 25 heavy (non-hydrogen) atoms. The van der Waals surface area contributed by atoms with Crippen LogP contribution in [-0.4, -0.2) is 22.4 Å². The molecule has 130 valence electrons. The van der Waals surface area contributed by atoms with E-state index in [1.54, 1.807) is 6.07 Å². The number of fused-ring (bicyclic) bond motifs is 1. The van der Waals surface area contributed by atoms with Crippen molar-refractivity contribution in [1.82, 2.24) is 15.3 Å². The zero-order valence-corrected chi connectivity index (χ0v) is 14.7. The van der Waals surface area contributed by atoms with Crippen LogP contribution in [0.1, 0.15) is 42.5 Å². The van der Waals surface area contributed by atoms with Gasteiger partial charge in [0.15, 0.2) is 0 Å². The van der Waals surface area contributed by atoms with Gasteiger partial charge in [-0.3, -0.25) is 4.79 Å². The first-order valence-electron chi connectivity index (χ1n) is 8.36. The third-order valence-corrected chi connectivity index (χ3v) is 4.15. The number of aromatic nitrogens is 2. The minimum Gasteiger partial charge on any atom is -0.352 e. The number of carbonyl (C=O) groups is 1. The zero-order chi connectivity index (χ0) is 18.0. The predicted octanol–water partition coefficient (Wildman–Crippen LogP) is 3.97. The van der Waals surface area contributed by atoms with Crippen molar-refractivity contribution in [3.63, 3.8) is 0 Å². The highest BCUT2D eigenvalue weighted by atomic mass is 19.1. The maximum Gasteiger partial charge on any atom is 0.251 e. The molecule has 1 amide bonds. The highest BCUT2D eigenvalue weighted by Crippen LogP contribution is 2.22. The molecule has 4 nitrogen and oxygen atoms in total. The van der Waals surface area contributed by atoms with Crippen molar-refractivity contribution in [2.75, 3.05) is 6.54 Å². The molecule has 0 bridgehead atoms. The molecule has 1 heterocycles. The molecule has 0 aliphatic carbocycles. The maximum atomic E-state index is 13.2. The second kappa shape index (κ2) is 6.67. The molecule has 0 aliphatic rings. The van der Waals surface area contributed by atoms with Crippen molar-refractivity contribution < 1.29 is 9.18 Å². The molecule has 0 saturated heterocycles. The van der Waals surface area contributed by atoms with Crippen LogP contribution in [0.15, 0.2) is 42.5 Å². The Morgan fingerprint density at radius 1 is 1.16 bits per heavy atom. The molecular weight excluding hydrogens is 317 g/mol. The Balaban J connectivity index is 1.58. The minimum atomic E-state index is -0.297. The third-order valence-electron chi connectivity index (χ3n) is 4.15. The monoisotopic (exact) mass is 339 g/mol. The number of rotatable bonds is 4. The molecule has 1 aromatic heterocycles. The predicted molar refractivity (Wildman–Crippen MR) is 97.2 cm³/mol. The Bertz CT molecular complexity index is 891. The molecule has 0 spiro atoms. The van der Waals surface area contributed by atoms with Crippen molar-refractivity contribution in [3.8, 4) is 0 Å². The molecule has 0 unspecified atom stereocenters. The lowest BCUT2D eigenvalue weighted by Gasteiger charge is -2.19. The van der Waals surface area contributed by atoms with Gasteiger partial charge in [-0.15, -0.1) is 0 Å². The fourth-order valence-electron chi connectivity index (χ4n) is 2.67. The number of imidazole rings is 1. The summed E-state index contributed by atoms with van der Waals surface area (Å²) >= 11 is 0. The van der Waals surface area contributed by atoms with Gasteiger partial charge in [0.1, 0.15) is 11.6 Å². The zero-order valence-electron chi connectivity index (χ0n) is 14.7. The number of benzene rings is 2. The summed E-state index contributed by atoms with van der Waals surface area (Å²) < 4.78 is 13.2. The number of amides is 1. The molecule has 0 atom stereocenters. The van der Waals surface area contributed by atoms with E-state index in [2.05, 4.69) is 36.1 Å². The van der Waals surface area contributed by atoms with Crippen LogP contribution in [0.2, 0.25) is 0 Å². The quantitative estimate of drug-likeness (QED) is 0.755. The van der Waals surface area contributed by atoms with E-state index in [1.807, 2.05) is 24.3 Å². The Morgan fingerprint density at radius 2 is 1.88 bits per heavy atom. The van der Waals surface area contributed by atoms with Crippen LogP contribution in [0, 0.1) is 5.82 Å². The van der Waals surface area contributed by atoms with Gasteiger partial charge < -0.3 is 10.3 Å². The standard InChI is InChI=1S/C20H22FN3O/c1-20(2,3)14-6-4-13(5-7-14)19(25)22-11-10-18-23-16-9-8-15(21)12-17(16)24-18/h4-9,12H,10-11H2,1-3H3,(H,22,25)(H,23,24). The van der Waals surface area contributed by atoms with Gasteiger partial charge in [0, 0.05) is 18.5 Å². The molecule has 0 radical (unpaired) electrons. The second-order valence-corrected chi connectivity index (χ2v) is 7.18. The van der Waals surface area contributed by atoms with Crippen molar-refractivity contribution in [3.05, 3.63) is 65.2 Å². The van der Waals surface area contributed by atoms with E-state index < -0.39 is 0 Å². The van der Waals surface area contributed by atoms with Crippen LogP contribution < -0.4 is 5.32 Å².